The summed E-state index contributed by atoms with van der Waals surface area (Å²) in [6.07, 6.45) is 4.22. The minimum atomic E-state index is 0. The third kappa shape index (κ3) is 3.06. The number of halogens is 1. The van der Waals surface area contributed by atoms with Crippen molar-refractivity contribution >= 4 is 23.3 Å². The van der Waals surface area contributed by atoms with Gasteiger partial charge < -0.3 is 9.72 Å². The average Bonchev–Trinajstić information content (AvgIpc) is 2.84. The highest BCUT2D eigenvalue weighted by Crippen LogP contribution is 2.33. The fourth-order valence-corrected chi connectivity index (χ4v) is 3.00. The summed E-state index contributed by atoms with van der Waals surface area (Å²) in [5.74, 6) is 0.862. The molecule has 2 heterocycles. The minimum absolute atomic E-state index is 0. The van der Waals surface area contributed by atoms with Crippen molar-refractivity contribution < 1.29 is 4.74 Å². The second-order valence-electron chi connectivity index (χ2n) is 5.74. The van der Waals surface area contributed by atoms with Gasteiger partial charge in [-0.05, 0) is 55.7 Å². The van der Waals surface area contributed by atoms with Crippen LogP contribution in [-0.2, 0) is 6.42 Å². The topological polar surface area (TPSA) is 37.9 Å². The van der Waals surface area contributed by atoms with E-state index in [0.29, 0.717) is 0 Å². The number of fused-ring (bicyclic) bond motifs is 1. The number of H-pyrrole nitrogens is 1. The number of aromatic nitrogens is 2. The van der Waals surface area contributed by atoms with Crippen molar-refractivity contribution in [2.45, 2.75) is 33.6 Å². The molecule has 3 rings (SSSR count). The number of hydrogen-bond acceptors (Lipinski definition) is 2. The van der Waals surface area contributed by atoms with E-state index >= 15 is 0 Å². The summed E-state index contributed by atoms with van der Waals surface area (Å²) in [5.41, 5.74) is 7.14. The van der Waals surface area contributed by atoms with Gasteiger partial charge in [0.15, 0.2) is 0 Å². The van der Waals surface area contributed by atoms with E-state index in [4.69, 9.17) is 9.72 Å². The van der Waals surface area contributed by atoms with Gasteiger partial charge in [0.05, 0.1) is 18.3 Å². The van der Waals surface area contributed by atoms with E-state index in [1.54, 1.807) is 7.11 Å². The number of nitrogens with zero attached hydrogens (tertiary/aromatic N) is 1. The molecule has 0 bridgehead atoms. The van der Waals surface area contributed by atoms with Crippen LogP contribution in [-0.4, -0.2) is 17.1 Å². The molecule has 0 spiro atoms. The highest BCUT2D eigenvalue weighted by Gasteiger charge is 2.14. The highest BCUT2D eigenvalue weighted by atomic mass is 35.5. The van der Waals surface area contributed by atoms with Gasteiger partial charge in [0.1, 0.15) is 5.75 Å². The van der Waals surface area contributed by atoms with Gasteiger partial charge in [-0.1, -0.05) is 13.3 Å². The van der Waals surface area contributed by atoms with Gasteiger partial charge in [0.2, 0.25) is 0 Å². The van der Waals surface area contributed by atoms with Crippen molar-refractivity contribution in [1.82, 2.24) is 9.97 Å². The van der Waals surface area contributed by atoms with Crippen molar-refractivity contribution in [2.75, 3.05) is 7.11 Å². The van der Waals surface area contributed by atoms with Crippen LogP contribution in [0.3, 0.4) is 0 Å². The van der Waals surface area contributed by atoms with Crippen LogP contribution in [0.1, 0.15) is 30.2 Å². The van der Waals surface area contributed by atoms with Gasteiger partial charge >= 0.3 is 0 Å². The molecule has 0 atom stereocenters. The number of aromatic amines is 1. The Bertz CT molecular complexity index is 806. The van der Waals surface area contributed by atoms with E-state index in [1.807, 2.05) is 18.3 Å². The first-order valence-corrected chi connectivity index (χ1v) is 7.76. The summed E-state index contributed by atoms with van der Waals surface area (Å²) in [5, 5.41) is 1.33. The molecule has 0 fully saturated rings. The average molecular weight is 331 g/mol. The molecule has 0 radical (unpaired) electrons. The largest absolute Gasteiger partial charge is 0.497 e. The minimum Gasteiger partial charge on any atom is -0.497 e. The van der Waals surface area contributed by atoms with Gasteiger partial charge in [0.25, 0.3) is 0 Å². The molecule has 3 nitrogen and oxygen atoms in total. The van der Waals surface area contributed by atoms with E-state index in [9.17, 15) is 0 Å². The Morgan fingerprint density at radius 1 is 1.13 bits per heavy atom. The molecule has 122 valence electrons. The number of nitrogens with one attached hydrogen (secondary N) is 1. The van der Waals surface area contributed by atoms with E-state index in [-0.39, 0.29) is 12.4 Å². The zero-order chi connectivity index (χ0) is 15.7. The Balaban J connectivity index is 0.00000192. The summed E-state index contributed by atoms with van der Waals surface area (Å²) in [6, 6.07) is 8.08. The first-order valence-electron chi connectivity index (χ1n) is 7.76. The van der Waals surface area contributed by atoms with Crippen LogP contribution < -0.4 is 4.74 Å². The van der Waals surface area contributed by atoms with Crippen LogP contribution in [0, 0.1) is 13.8 Å². The molecule has 2 aromatic heterocycles. The van der Waals surface area contributed by atoms with Crippen molar-refractivity contribution in [3.63, 3.8) is 0 Å². The van der Waals surface area contributed by atoms with Gasteiger partial charge in [0, 0.05) is 22.8 Å². The second-order valence-corrected chi connectivity index (χ2v) is 5.74. The number of methoxy groups -OCH3 is 1. The van der Waals surface area contributed by atoms with Gasteiger partial charge in [-0.3, -0.25) is 4.98 Å². The SMILES string of the molecule is CCCc1cnc(-c2ccc(OC)cc2)c2[nH]c(C)c(C)c12.Cl. The number of benzene rings is 1. The Morgan fingerprint density at radius 3 is 2.43 bits per heavy atom. The maximum absolute atomic E-state index is 5.24. The van der Waals surface area contributed by atoms with Crippen LogP contribution in [0.15, 0.2) is 30.5 Å². The quantitative estimate of drug-likeness (QED) is 0.711. The third-order valence-electron chi connectivity index (χ3n) is 4.29. The summed E-state index contributed by atoms with van der Waals surface area (Å²) in [4.78, 5) is 8.26. The van der Waals surface area contributed by atoms with E-state index < -0.39 is 0 Å². The fraction of sp³-hybridized carbons (Fsp3) is 0.316. The zero-order valence-corrected chi connectivity index (χ0v) is 14.9. The Hall–Kier alpha value is -2.00. The number of ether oxygens (including phenoxy) is 1. The van der Waals surface area contributed by atoms with Gasteiger partial charge in [-0.15, -0.1) is 12.4 Å². The lowest BCUT2D eigenvalue weighted by molar-refractivity contribution is 0.415. The first-order chi connectivity index (χ1) is 10.7. The lowest BCUT2D eigenvalue weighted by Gasteiger charge is -2.08. The smallest absolute Gasteiger partial charge is 0.118 e. The molecular formula is C19H23ClN2O. The number of rotatable bonds is 4. The Kier molecular flexibility index (Phi) is 5.32. The lowest BCUT2D eigenvalue weighted by Crippen LogP contribution is -1.92. The number of pyridine rings is 1. The van der Waals surface area contributed by atoms with Crippen LogP contribution in [0.2, 0.25) is 0 Å². The molecule has 0 aliphatic heterocycles. The first kappa shape index (κ1) is 17.4. The predicted molar refractivity (Wildman–Crippen MR) is 98.8 cm³/mol. The summed E-state index contributed by atoms with van der Waals surface area (Å²) in [7, 11) is 1.68. The predicted octanol–water partition coefficient (Wildman–Crippen LogP) is 5.23. The van der Waals surface area contributed by atoms with Gasteiger partial charge in [-0.2, -0.15) is 0 Å². The number of aryl methyl sites for hydroxylation is 3. The van der Waals surface area contributed by atoms with E-state index in [0.717, 1.165) is 35.4 Å². The number of hydrogen-bond donors (Lipinski definition) is 1. The van der Waals surface area contributed by atoms with E-state index in [2.05, 4.69) is 37.9 Å². The van der Waals surface area contributed by atoms with Gasteiger partial charge in [-0.25, -0.2) is 0 Å². The molecule has 23 heavy (non-hydrogen) atoms. The summed E-state index contributed by atoms with van der Waals surface area (Å²) >= 11 is 0. The standard InChI is InChI=1S/C19H22N2O.ClH/c1-5-6-15-11-20-18(14-7-9-16(22-4)10-8-14)19-17(15)12(2)13(3)21-19;/h7-11,21H,5-6H2,1-4H3;1H. The Morgan fingerprint density at radius 2 is 1.83 bits per heavy atom. The van der Waals surface area contributed by atoms with Crippen LogP contribution in [0.25, 0.3) is 22.2 Å². The molecule has 0 aliphatic carbocycles. The molecule has 4 heteroatoms. The van der Waals surface area contributed by atoms with E-state index in [1.165, 1.54) is 22.2 Å². The normalized spacial score (nSPS) is 10.6. The van der Waals surface area contributed by atoms with Crippen LogP contribution in [0.4, 0.5) is 0 Å². The molecule has 0 saturated carbocycles. The third-order valence-corrected chi connectivity index (χ3v) is 4.29. The molecular weight excluding hydrogens is 308 g/mol. The zero-order valence-electron chi connectivity index (χ0n) is 14.1. The molecule has 0 amide bonds. The molecule has 3 aromatic rings. The van der Waals surface area contributed by atoms with Crippen LogP contribution in [0.5, 0.6) is 5.75 Å². The fourth-order valence-electron chi connectivity index (χ4n) is 3.00. The lowest BCUT2D eigenvalue weighted by atomic mass is 10.0. The van der Waals surface area contributed by atoms with Crippen molar-refractivity contribution in [1.29, 1.82) is 0 Å². The summed E-state index contributed by atoms with van der Waals surface area (Å²) in [6.45, 7) is 6.52. The monoisotopic (exact) mass is 330 g/mol. The maximum atomic E-state index is 5.24. The van der Waals surface area contributed by atoms with Crippen molar-refractivity contribution in [3.8, 4) is 17.0 Å². The Labute approximate surface area is 143 Å². The molecule has 1 N–H and O–H groups in total. The van der Waals surface area contributed by atoms with Crippen LogP contribution >= 0.6 is 12.4 Å². The maximum Gasteiger partial charge on any atom is 0.118 e. The molecule has 1 aromatic carbocycles. The van der Waals surface area contributed by atoms with Crippen molar-refractivity contribution in [3.05, 3.63) is 47.3 Å². The molecule has 0 aliphatic rings. The molecule has 0 unspecified atom stereocenters. The second kappa shape index (κ2) is 7.05. The highest BCUT2D eigenvalue weighted by molar-refractivity contribution is 5.96. The van der Waals surface area contributed by atoms with Crippen molar-refractivity contribution in [2.24, 2.45) is 0 Å². The summed E-state index contributed by atoms with van der Waals surface area (Å²) < 4.78 is 5.24. The molecule has 0 saturated heterocycles.